The first-order chi connectivity index (χ1) is 9.15. The van der Waals surface area contributed by atoms with E-state index < -0.39 is 0 Å². The molecule has 2 rings (SSSR count). The molecule has 0 unspecified atom stereocenters. The molecular weight excluding hydrogens is 234 g/mol. The Morgan fingerprint density at radius 3 is 2.32 bits per heavy atom. The maximum absolute atomic E-state index is 9.08. The van der Waals surface area contributed by atoms with Crippen LogP contribution in [0.5, 0.6) is 0 Å². The van der Waals surface area contributed by atoms with Crippen LogP contribution in [0.2, 0.25) is 0 Å². The van der Waals surface area contributed by atoms with Crippen LogP contribution in [0, 0.1) is 11.3 Å². The summed E-state index contributed by atoms with van der Waals surface area (Å²) >= 11 is 0. The standard InChI is InChI=1S/C16H17N3/c1-4-12-5-7-13(8-6-12)15-10-9-14(11-17)16(18-15)19(2)3/h5-10H,4H2,1-3H3. The van der Waals surface area contributed by atoms with Crippen molar-refractivity contribution >= 4 is 5.82 Å². The first-order valence-corrected chi connectivity index (χ1v) is 6.33. The molecule has 3 heteroatoms. The molecule has 0 atom stereocenters. The lowest BCUT2D eigenvalue weighted by atomic mass is 10.1. The van der Waals surface area contributed by atoms with Crippen molar-refractivity contribution in [2.24, 2.45) is 0 Å². The molecule has 0 aliphatic rings. The molecule has 0 bridgehead atoms. The van der Waals surface area contributed by atoms with E-state index in [1.807, 2.05) is 31.1 Å². The first-order valence-electron chi connectivity index (χ1n) is 6.33. The predicted molar refractivity (Wildman–Crippen MR) is 78.1 cm³/mol. The number of aryl methyl sites for hydroxylation is 1. The number of nitriles is 1. The van der Waals surface area contributed by atoms with Crippen molar-refractivity contribution < 1.29 is 0 Å². The SMILES string of the molecule is CCc1ccc(-c2ccc(C#N)c(N(C)C)n2)cc1. The van der Waals surface area contributed by atoms with E-state index in [-0.39, 0.29) is 0 Å². The Hall–Kier alpha value is -2.34. The molecular formula is C16H17N3. The van der Waals surface area contributed by atoms with Gasteiger partial charge in [-0.3, -0.25) is 0 Å². The van der Waals surface area contributed by atoms with Gasteiger partial charge in [-0.25, -0.2) is 4.98 Å². The van der Waals surface area contributed by atoms with Gasteiger partial charge in [0.1, 0.15) is 11.9 Å². The topological polar surface area (TPSA) is 39.9 Å². The van der Waals surface area contributed by atoms with E-state index in [1.165, 1.54) is 5.56 Å². The van der Waals surface area contributed by atoms with Crippen molar-refractivity contribution in [2.45, 2.75) is 13.3 Å². The fourth-order valence-electron chi connectivity index (χ4n) is 1.95. The highest BCUT2D eigenvalue weighted by Gasteiger charge is 2.08. The Labute approximate surface area is 114 Å². The van der Waals surface area contributed by atoms with Crippen LogP contribution < -0.4 is 4.90 Å². The fourth-order valence-corrected chi connectivity index (χ4v) is 1.95. The Balaban J connectivity index is 2.45. The molecule has 96 valence electrons. The Kier molecular flexibility index (Phi) is 3.82. The van der Waals surface area contributed by atoms with Gasteiger partial charge < -0.3 is 4.90 Å². The van der Waals surface area contributed by atoms with E-state index in [4.69, 9.17) is 5.26 Å². The Bertz CT molecular complexity index is 607. The van der Waals surface area contributed by atoms with Crippen LogP contribution in [-0.2, 0) is 6.42 Å². The number of rotatable bonds is 3. The molecule has 0 spiro atoms. The van der Waals surface area contributed by atoms with E-state index >= 15 is 0 Å². The van der Waals surface area contributed by atoms with Gasteiger partial charge in [0.25, 0.3) is 0 Å². The lowest BCUT2D eigenvalue weighted by Gasteiger charge is -2.14. The second-order valence-electron chi connectivity index (χ2n) is 4.62. The molecule has 1 aromatic carbocycles. The van der Waals surface area contributed by atoms with Crippen molar-refractivity contribution in [3.8, 4) is 17.3 Å². The average Bonchev–Trinajstić information content (AvgIpc) is 2.46. The molecule has 2 aromatic rings. The molecule has 3 nitrogen and oxygen atoms in total. The molecule has 0 N–H and O–H groups in total. The normalized spacial score (nSPS) is 10.0. The summed E-state index contributed by atoms with van der Waals surface area (Å²) in [6.07, 6.45) is 1.03. The zero-order valence-electron chi connectivity index (χ0n) is 11.5. The summed E-state index contributed by atoms with van der Waals surface area (Å²) in [5, 5.41) is 9.08. The van der Waals surface area contributed by atoms with Crippen molar-refractivity contribution in [1.82, 2.24) is 4.98 Å². The van der Waals surface area contributed by atoms with E-state index in [1.54, 1.807) is 0 Å². The number of pyridine rings is 1. The minimum Gasteiger partial charge on any atom is -0.362 e. The van der Waals surface area contributed by atoms with Crippen LogP contribution in [0.3, 0.4) is 0 Å². The van der Waals surface area contributed by atoms with Gasteiger partial charge in [0, 0.05) is 19.7 Å². The lowest BCUT2D eigenvalue weighted by Crippen LogP contribution is -2.12. The van der Waals surface area contributed by atoms with Gasteiger partial charge in [0.2, 0.25) is 0 Å². The zero-order chi connectivity index (χ0) is 13.8. The summed E-state index contributed by atoms with van der Waals surface area (Å²) in [6, 6.07) is 14.3. The smallest absolute Gasteiger partial charge is 0.146 e. The molecule has 0 amide bonds. The van der Waals surface area contributed by atoms with Gasteiger partial charge in [0.15, 0.2) is 0 Å². The van der Waals surface area contributed by atoms with Gasteiger partial charge in [-0.15, -0.1) is 0 Å². The fraction of sp³-hybridized carbons (Fsp3) is 0.250. The third-order valence-electron chi connectivity index (χ3n) is 3.08. The largest absolute Gasteiger partial charge is 0.362 e. The Morgan fingerprint density at radius 2 is 1.79 bits per heavy atom. The number of hydrogen-bond acceptors (Lipinski definition) is 3. The van der Waals surface area contributed by atoms with Crippen LogP contribution in [0.15, 0.2) is 36.4 Å². The van der Waals surface area contributed by atoms with Gasteiger partial charge in [-0.2, -0.15) is 5.26 Å². The molecule has 1 aromatic heterocycles. The van der Waals surface area contributed by atoms with Crippen LogP contribution in [0.4, 0.5) is 5.82 Å². The molecule has 19 heavy (non-hydrogen) atoms. The summed E-state index contributed by atoms with van der Waals surface area (Å²) in [4.78, 5) is 6.44. The van der Waals surface area contributed by atoms with Crippen molar-refractivity contribution in [2.75, 3.05) is 19.0 Å². The van der Waals surface area contributed by atoms with E-state index in [0.29, 0.717) is 11.4 Å². The average molecular weight is 251 g/mol. The lowest BCUT2D eigenvalue weighted by molar-refractivity contribution is 1.06. The second-order valence-corrected chi connectivity index (χ2v) is 4.62. The van der Waals surface area contributed by atoms with Crippen LogP contribution in [-0.4, -0.2) is 19.1 Å². The summed E-state index contributed by atoms with van der Waals surface area (Å²) in [6.45, 7) is 2.14. The zero-order valence-corrected chi connectivity index (χ0v) is 11.5. The van der Waals surface area contributed by atoms with E-state index in [0.717, 1.165) is 17.7 Å². The van der Waals surface area contributed by atoms with Crippen molar-refractivity contribution in [1.29, 1.82) is 5.26 Å². The summed E-state index contributed by atoms with van der Waals surface area (Å²) in [5.74, 6) is 0.708. The van der Waals surface area contributed by atoms with Crippen molar-refractivity contribution in [3.05, 3.63) is 47.5 Å². The highest BCUT2D eigenvalue weighted by Crippen LogP contribution is 2.23. The number of nitrogens with zero attached hydrogens (tertiary/aromatic N) is 3. The number of anilines is 1. The van der Waals surface area contributed by atoms with E-state index in [2.05, 4.69) is 42.2 Å². The van der Waals surface area contributed by atoms with Gasteiger partial charge in [-0.1, -0.05) is 31.2 Å². The molecule has 0 radical (unpaired) electrons. The van der Waals surface area contributed by atoms with Gasteiger partial charge in [0.05, 0.1) is 11.3 Å². The third-order valence-corrected chi connectivity index (χ3v) is 3.08. The maximum atomic E-state index is 9.08. The molecule has 0 fully saturated rings. The number of hydrogen-bond donors (Lipinski definition) is 0. The molecule has 1 heterocycles. The quantitative estimate of drug-likeness (QED) is 0.840. The van der Waals surface area contributed by atoms with Crippen LogP contribution in [0.25, 0.3) is 11.3 Å². The highest BCUT2D eigenvalue weighted by molar-refractivity contribution is 5.65. The summed E-state index contributed by atoms with van der Waals surface area (Å²) in [7, 11) is 3.79. The Morgan fingerprint density at radius 1 is 1.11 bits per heavy atom. The first kappa shape index (κ1) is 13.1. The highest BCUT2D eigenvalue weighted by atomic mass is 15.1. The second kappa shape index (κ2) is 5.53. The van der Waals surface area contributed by atoms with Gasteiger partial charge >= 0.3 is 0 Å². The molecule has 0 saturated carbocycles. The van der Waals surface area contributed by atoms with Crippen LogP contribution in [0.1, 0.15) is 18.1 Å². The third kappa shape index (κ3) is 2.74. The number of benzene rings is 1. The van der Waals surface area contributed by atoms with E-state index in [9.17, 15) is 0 Å². The molecule has 0 aliphatic heterocycles. The summed E-state index contributed by atoms with van der Waals surface area (Å²) < 4.78 is 0. The van der Waals surface area contributed by atoms with Crippen LogP contribution >= 0.6 is 0 Å². The monoisotopic (exact) mass is 251 g/mol. The molecule has 0 aliphatic carbocycles. The van der Waals surface area contributed by atoms with Gasteiger partial charge in [-0.05, 0) is 24.1 Å². The predicted octanol–water partition coefficient (Wildman–Crippen LogP) is 3.25. The number of aromatic nitrogens is 1. The van der Waals surface area contributed by atoms with Crippen molar-refractivity contribution in [3.63, 3.8) is 0 Å². The molecule has 0 saturated heterocycles. The minimum absolute atomic E-state index is 0.596. The summed E-state index contributed by atoms with van der Waals surface area (Å²) in [5.41, 5.74) is 3.87. The minimum atomic E-state index is 0.596. The maximum Gasteiger partial charge on any atom is 0.146 e.